The van der Waals surface area contributed by atoms with Crippen molar-refractivity contribution in [1.29, 1.82) is 0 Å². The SMILES string of the molecule is COC(=O)NC(C(=O)N1CC[C@H]2OCCO[C@@H]21)C(C)C. The Bertz CT molecular complexity index is 374. The van der Waals surface area contributed by atoms with Crippen LogP contribution in [0, 0.1) is 5.92 Å². The minimum absolute atomic E-state index is 0.0369. The van der Waals surface area contributed by atoms with Crippen molar-refractivity contribution >= 4 is 12.0 Å². The van der Waals surface area contributed by atoms with Crippen LogP contribution >= 0.6 is 0 Å². The maximum atomic E-state index is 12.6. The first kappa shape index (κ1) is 15.1. The molecule has 2 fully saturated rings. The van der Waals surface area contributed by atoms with Crippen LogP contribution in [-0.2, 0) is 19.0 Å². The minimum atomic E-state index is -0.619. The molecule has 20 heavy (non-hydrogen) atoms. The van der Waals surface area contributed by atoms with Crippen molar-refractivity contribution in [1.82, 2.24) is 10.2 Å². The van der Waals surface area contributed by atoms with Crippen LogP contribution in [0.2, 0.25) is 0 Å². The topological polar surface area (TPSA) is 77.1 Å². The van der Waals surface area contributed by atoms with E-state index in [1.54, 1.807) is 4.90 Å². The van der Waals surface area contributed by atoms with Crippen LogP contribution in [0.4, 0.5) is 4.79 Å². The Morgan fingerprint density at radius 3 is 2.65 bits per heavy atom. The zero-order valence-electron chi connectivity index (χ0n) is 12.1. The van der Waals surface area contributed by atoms with Crippen LogP contribution < -0.4 is 5.32 Å². The quantitative estimate of drug-likeness (QED) is 0.809. The summed E-state index contributed by atoms with van der Waals surface area (Å²) in [5.74, 6) is -0.187. The van der Waals surface area contributed by atoms with E-state index >= 15 is 0 Å². The lowest BCUT2D eigenvalue weighted by Gasteiger charge is -2.34. The molecule has 7 heteroatoms. The Balaban J connectivity index is 2.05. The smallest absolute Gasteiger partial charge is 0.407 e. The number of rotatable bonds is 3. The fourth-order valence-corrected chi connectivity index (χ4v) is 2.58. The summed E-state index contributed by atoms with van der Waals surface area (Å²) in [6.07, 6.45) is -0.233. The number of methoxy groups -OCH3 is 1. The second-order valence-electron chi connectivity index (χ2n) is 5.35. The van der Waals surface area contributed by atoms with Gasteiger partial charge in [0.25, 0.3) is 0 Å². The molecule has 2 aliphatic rings. The average Bonchev–Trinajstić information content (AvgIpc) is 2.87. The number of amides is 2. The molecule has 1 N–H and O–H groups in total. The monoisotopic (exact) mass is 286 g/mol. The normalized spacial score (nSPS) is 27.1. The molecule has 114 valence electrons. The van der Waals surface area contributed by atoms with Gasteiger partial charge in [0.05, 0.1) is 20.3 Å². The first-order valence-corrected chi connectivity index (χ1v) is 6.92. The van der Waals surface area contributed by atoms with Gasteiger partial charge in [-0.25, -0.2) is 4.79 Å². The molecule has 2 heterocycles. The van der Waals surface area contributed by atoms with E-state index in [1.165, 1.54) is 7.11 Å². The zero-order valence-corrected chi connectivity index (χ0v) is 12.1. The van der Waals surface area contributed by atoms with Crippen molar-refractivity contribution < 1.29 is 23.8 Å². The maximum Gasteiger partial charge on any atom is 0.407 e. The Morgan fingerprint density at radius 1 is 1.30 bits per heavy atom. The van der Waals surface area contributed by atoms with Crippen LogP contribution in [0.25, 0.3) is 0 Å². The van der Waals surface area contributed by atoms with Crippen LogP contribution in [-0.4, -0.2) is 62.1 Å². The number of nitrogens with one attached hydrogen (secondary N) is 1. The molecule has 0 aromatic heterocycles. The first-order chi connectivity index (χ1) is 9.54. The van der Waals surface area contributed by atoms with E-state index in [2.05, 4.69) is 10.1 Å². The van der Waals surface area contributed by atoms with Crippen molar-refractivity contribution in [2.45, 2.75) is 38.6 Å². The molecule has 0 aromatic rings. The molecule has 2 rings (SSSR count). The summed E-state index contributed by atoms with van der Waals surface area (Å²) in [7, 11) is 1.28. The predicted molar refractivity (Wildman–Crippen MR) is 70.0 cm³/mol. The van der Waals surface area contributed by atoms with Gasteiger partial charge in [-0.1, -0.05) is 13.8 Å². The van der Waals surface area contributed by atoms with Gasteiger partial charge in [0.1, 0.15) is 12.1 Å². The van der Waals surface area contributed by atoms with Crippen LogP contribution in [0.5, 0.6) is 0 Å². The van der Waals surface area contributed by atoms with Crippen LogP contribution in [0.15, 0.2) is 0 Å². The molecule has 7 nitrogen and oxygen atoms in total. The Hall–Kier alpha value is -1.34. The van der Waals surface area contributed by atoms with Crippen molar-refractivity contribution in [2.24, 2.45) is 5.92 Å². The number of likely N-dealkylation sites (tertiary alicyclic amines) is 1. The molecule has 0 aromatic carbocycles. The summed E-state index contributed by atoms with van der Waals surface area (Å²) >= 11 is 0. The third-order valence-electron chi connectivity index (χ3n) is 3.66. The van der Waals surface area contributed by atoms with Crippen molar-refractivity contribution in [2.75, 3.05) is 26.9 Å². The number of carbonyl (C=O) groups excluding carboxylic acids is 2. The molecular formula is C13H22N2O5. The predicted octanol–water partition coefficient (Wildman–Crippen LogP) is 0.341. The summed E-state index contributed by atoms with van der Waals surface area (Å²) in [6, 6.07) is -0.619. The molecular weight excluding hydrogens is 264 g/mol. The fraction of sp³-hybridized carbons (Fsp3) is 0.846. The second-order valence-corrected chi connectivity index (χ2v) is 5.35. The standard InChI is InChI=1S/C13H22N2O5/c1-8(2)10(14-13(17)18-3)11(16)15-5-4-9-12(15)20-7-6-19-9/h8-10,12H,4-7H2,1-3H3,(H,14,17)/t9-,10?,12+/m1/s1. The second kappa shape index (κ2) is 6.41. The molecule has 0 radical (unpaired) electrons. The lowest BCUT2D eigenvalue weighted by atomic mass is 10.0. The maximum absolute atomic E-state index is 12.6. The van der Waals surface area contributed by atoms with E-state index in [4.69, 9.17) is 9.47 Å². The molecule has 1 unspecified atom stereocenters. The minimum Gasteiger partial charge on any atom is -0.453 e. The van der Waals surface area contributed by atoms with E-state index in [-0.39, 0.29) is 24.2 Å². The van der Waals surface area contributed by atoms with Gasteiger partial charge in [0.2, 0.25) is 5.91 Å². The van der Waals surface area contributed by atoms with E-state index in [0.717, 1.165) is 6.42 Å². The average molecular weight is 286 g/mol. The highest BCUT2D eigenvalue weighted by molar-refractivity contribution is 5.86. The number of hydrogen-bond donors (Lipinski definition) is 1. The Labute approximate surface area is 118 Å². The third-order valence-corrected chi connectivity index (χ3v) is 3.66. The molecule has 0 aliphatic carbocycles. The van der Waals surface area contributed by atoms with Crippen molar-refractivity contribution in [3.05, 3.63) is 0 Å². The summed E-state index contributed by atoms with van der Waals surface area (Å²) in [4.78, 5) is 25.6. The van der Waals surface area contributed by atoms with Gasteiger partial charge in [-0.3, -0.25) is 4.79 Å². The highest BCUT2D eigenvalue weighted by Gasteiger charge is 2.43. The van der Waals surface area contributed by atoms with Gasteiger partial charge < -0.3 is 24.4 Å². The van der Waals surface area contributed by atoms with E-state index in [9.17, 15) is 9.59 Å². The zero-order chi connectivity index (χ0) is 14.7. The van der Waals surface area contributed by atoms with Crippen molar-refractivity contribution in [3.8, 4) is 0 Å². The molecule has 3 atom stereocenters. The van der Waals surface area contributed by atoms with Gasteiger partial charge in [-0.15, -0.1) is 0 Å². The summed E-state index contributed by atoms with van der Waals surface area (Å²) < 4.78 is 15.8. The lowest BCUT2D eigenvalue weighted by Crippen LogP contribution is -2.55. The Morgan fingerprint density at radius 2 is 2.00 bits per heavy atom. The number of alkyl carbamates (subject to hydrolysis) is 1. The van der Waals surface area contributed by atoms with Gasteiger partial charge in [0.15, 0.2) is 6.23 Å². The van der Waals surface area contributed by atoms with Crippen LogP contribution in [0.1, 0.15) is 20.3 Å². The molecule has 0 saturated carbocycles. The fourth-order valence-electron chi connectivity index (χ4n) is 2.58. The summed E-state index contributed by atoms with van der Waals surface area (Å²) in [6.45, 7) is 5.40. The largest absolute Gasteiger partial charge is 0.453 e. The van der Waals surface area contributed by atoms with E-state index in [1.807, 2.05) is 13.8 Å². The number of hydrogen-bond acceptors (Lipinski definition) is 5. The highest BCUT2D eigenvalue weighted by Crippen LogP contribution is 2.26. The van der Waals surface area contributed by atoms with Gasteiger partial charge in [-0.05, 0) is 12.3 Å². The number of carbonyl (C=O) groups is 2. The highest BCUT2D eigenvalue weighted by atomic mass is 16.6. The van der Waals surface area contributed by atoms with Gasteiger partial charge in [0, 0.05) is 6.54 Å². The first-order valence-electron chi connectivity index (χ1n) is 6.92. The van der Waals surface area contributed by atoms with E-state index < -0.39 is 12.1 Å². The van der Waals surface area contributed by atoms with E-state index in [0.29, 0.717) is 19.8 Å². The lowest BCUT2D eigenvalue weighted by molar-refractivity contribution is -0.179. The molecule has 2 aliphatic heterocycles. The number of fused-ring (bicyclic) bond motifs is 1. The molecule has 2 saturated heterocycles. The Kier molecular flexibility index (Phi) is 4.82. The summed E-state index contributed by atoms with van der Waals surface area (Å²) in [5, 5.41) is 2.59. The molecule has 2 amide bonds. The third kappa shape index (κ3) is 3.04. The van der Waals surface area contributed by atoms with Crippen LogP contribution in [0.3, 0.4) is 0 Å². The molecule has 0 bridgehead atoms. The number of ether oxygens (including phenoxy) is 3. The summed E-state index contributed by atoms with van der Waals surface area (Å²) in [5.41, 5.74) is 0. The van der Waals surface area contributed by atoms with Gasteiger partial charge >= 0.3 is 6.09 Å². The number of nitrogens with zero attached hydrogens (tertiary/aromatic N) is 1. The van der Waals surface area contributed by atoms with Gasteiger partial charge in [-0.2, -0.15) is 0 Å². The molecule has 0 spiro atoms. The van der Waals surface area contributed by atoms with Crippen molar-refractivity contribution in [3.63, 3.8) is 0 Å².